The largest absolute Gasteiger partial charge is 0.481 e. The zero-order valence-electron chi connectivity index (χ0n) is 15.3. The van der Waals surface area contributed by atoms with Gasteiger partial charge in [0.05, 0.1) is 17.6 Å². The Morgan fingerprint density at radius 2 is 1.89 bits per heavy atom. The van der Waals surface area contributed by atoms with E-state index in [0.717, 1.165) is 33.3 Å². The maximum atomic E-state index is 12.2. The van der Waals surface area contributed by atoms with Gasteiger partial charge in [0.1, 0.15) is 6.04 Å². The Balaban J connectivity index is 1.69. The third-order valence-corrected chi connectivity index (χ3v) is 5.04. The molecule has 1 aromatic heterocycles. The van der Waals surface area contributed by atoms with E-state index in [4.69, 9.17) is 5.11 Å². The first kappa shape index (κ1) is 17.9. The maximum Gasteiger partial charge on any atom is 0.307 e. The number of carbonyl (C=O) groups excluding carboxylic acids is 2. The van der Waals surface area contributed by atoms with Crippen LogP contribution in [0.2, 0.25) is 0 Å². The summed E-state index contributed by atoms with van der Waals surface area (Å²) in [5, 5.41) is 16.8. The van der Waals surface area contributed by atoms with Gasteiger partial charge in [0.2, 0.25) is 5.91 Å². The Morgan fingerprint density at radius 1 is 1.18 bits per heavy atom. The lowest BCUT2D eigenvalue weighted by molar-refractivity contribution is -0.137. The molecule has 1 atom stereocenters. The van der Waals surface area contributed by atoms with E-state index in [2.05, 4.69) is 10.4 Å². The van der Waals surface area contributed by atoms with Gasteiger partial charge in [-0.1, -0.05) is 30.3 Å². The number of benzene rings is 2. The Bertz CT molecular complexity index is 1100. The number of nitrogens with zero attached hydrogens (tertiary/aromatic N) is 2. The number of amides is 2. The van der Waals surface area contributed by atoms with Crippen LogP contribution < -0.4 is 5.32 Å². The summed E-state index contributed by atoms with van der Waals surface area (Å²) in [6.07, 6.45) is 0.739. The third-order valence-electron chi connectivity index (χ3n) is 5.04. The van der Waals surface area contributed by atoms with E-state index in [1.807, 2.05) is 49.4 Å². The molecule has 142 valence electrons. The first-order valence-electron chi connectivity index (χ1n) is 9.06. The van der Waals surface area contributed by atoms with E-state index in [1.165, 1.54) is 0 Å². The Hall–Kier alpha value is -3.48. The van der Waals surface area contributed by atoms with Crippen LogP contribution in [0.1, 0.15) is 30.1 Å². The molecule has 0 aliphatic carbocycles. The number of hydrogen-bond acceptors (Lipinski definition) is 4. The standard InChI is InChI=1S/C21H19N3O4/c1-12-16-11-15(14-4-2-13(3-5-14)10-20(26)27)6-7-17(16)24(23-12)18-8-9-19(25)22-21(18)28/h2-7,11,18H,8-10H2,1H3,(H,26,27)(H,22,25,28). The minimum absolute atomic E-state index is 0.00283. The highest BCUT2D eigenvalue weighted by Crippen LogP contribution is 2.30. The molecule has 2 aromatic carbocycles. The number of carboxylic acid groups (broad SMARTS) is 1. The van der Waals surface area contributed by atoms with Gasteiger partial charge in [-0.25, -0.2) is 0 Å². The van der Waals surface area contributed by atoms with Crippen molar-refractivity contribution in [2.45, 2.75) is 32.2 Å². The molecule has 1 saturated heterocycles. The molecule has 2 amide bonds. The number of aryl methyl sites for hydroxylation is 1. The van der Waals surface area contributed by atoms with Crippen LogP contribution in [0.4, 0.5) is 0 Å². The Labute approximate surface area is 161 Å². The van der Waals surface area contributed by atoms with Gasteiger partial charge in [-0.05, 0) is 42.2 Å². The van der Waals surface area contributed by atoms with Crippen molar-refractivity contribution < 1.29 is 19.5 Å². The number of aliphatic carboxylic acids is 1. The molecule has 0 radical (unpaired) electrons. The van der Waals surface area contributed by atoms with Gasteiger partial charge < -0.3 is 5.11 Å². The number of piperidine rings is 1. The number of rotatable bonds is 4. The van der Waals surface area contributed by atoms with Crippen LogP contribution in [-0.4, -0.2) is 32.7 Å². The molecule has 3 aromatic rings. The summed E-state index contributed by atoms with van der Waals surface area (Å²) < 4.78 is 1.70. The fraction of sp³-hybridized carbons (Fsp3) is 0.238. The van der Waals surface area contributed by atoms with Crippen molar-refractivity contribution in [3.05, 3.63) is 53.7 Å². The van der Waals surface area contributed by atoms with Gasteiger partial charge in [0, 0.05) is 11.8 Å². The van der Waals surface area contributed by atoms with E-state index in [9.17, 15) is 14.4 Å². The molecule has 1 fully saturated rings. The van der Waals surface area contributed by atoms with Crippen molar-refractivity contribution in [3.8, 4) is 11.1 Å². The number of aromatic nitrogens is 2. The molecule has 0 bridgehead atoms. The molecule has 1 aliphatic heterocycles. The quantitative estimate of drug-likeness (QED) is 0.681. The average Bonchev–Trinajstić information content (AvgIpc) is 2.98. The topological polar surface area (TPSA) is 101 Å². The van der Waals surface area contributed by atoms with Gasteiger partial charge in [-0.2, -0.15) is 5.10 Å². The summed E-state index contributed by atoms with van der Waals surface area (Å²) in [6, 6.07) is 12.8. The molecular formula is C21H19N3O4. The van der Waals surface area contributed by atoms with Crippen molar-refractivity contribution in [1.82, 2.24) is 15.1 Å². The maximum absolute atomic E-state index is 12.2. The lowest BCUT2D eigenvalue weighted by Gasteiger charge is -2.21. The zero-order chi connectivity index (χ0) is 19.8. The second kappa shape index (κ2) is 6.92. The molecule has 28 heavy (non-hydrogen) atoms. The first-order chi connectivity index (χ1) is 13.4. The summed E-state index contributed by atoms with van der Waals surface area (Å²) in [7, 11) is 0. The minimum atomic E-state index is -0.856. The lowest BCUT2D eigenvalue weighted by atomic mass is 10.0. The zero-order valence-corrected chi connectivity index (χ0v) is 15.3. The molecule has 1 aliphatic rings. The number of nitrogens with one attached hydrogen (secondary N) is 1. The molecule has 1 unspecified atom stereocenters. The molecule has 0 saturated carbocycles. The SMILES string of the molecule is Cc1nn(C2CCC(=O)NC2=O)c2ccc(-c3ccc(CC(=O)O)cc3)cc12. The lowest BCUT2D eigenvalue weighted by Crippen LogP contribution is -2.42. The van der Waals surface area contributed by atoms with E-state index >= 15 is 0 Å². The van der Waals surface area contributed by atoms with Gasteiger partial charge in [-0.15, -0.1) is 0 Å². The smallest absolute Gasteiger partial charge is 0.307 e. The second-order valence-electron chi connectivity index (χ2n) is 7.00. The molecule has 2 N–H and O–H groups in total. The summed E-state index contributed by atoms with van der Waals surface area (Å²) in [6.45, 7) is 1.89. The van der Waals surface area contributed by atoms with Crippen molar-refractivity contribution >= 4 is 28.7 Å². The minimum Gasteiger partial charge on any atom is -0.481 e. The summed E-state index contributed by atoms with van der Waals surface area (Å²) in [4.78, 5) is 34.5. The van der Waals surface area contributed by atoms with Crippen molar-refractivity contribution in [3.63, 3.8) is 0 Å². The van der Waals surface area contributed by atoms with Crippen LogP contribution >= 0.6 is 0 Å². The normalized spacial score (nSPS) is 17.0. The van der Waals surface area contributed by atoms with Crippen LogP contribution in [0.15, 0.2) is 42.5 Å². The monoisotopic (exact) mass is 377 g/mol. The van der Waals surface area contributed by atoms with Gasteiger partial charge in [-0.3, -0.25) is 24.4 Å². The summed E-state index contributed by atoms with van der Waals surface area (Å²) in [5.41, 5.74) is 4.37. The van der Waals surface area contributed by atoms with E-state index in [0.29, 0.717) is 12.8 Å². The predicted octanol–water partition coefficient (Wildman–Crippen LogP) is 2.62. The molecule has 4 rings (SSSR count). The van der Waals surface area contributed by atoms with E-state index in [-0.39, 0.29) is 18.2 Å². The van der Waals surface area contributed by atoms with Crippen LogP contribution in [0.25, 0.3) is 22.0 Å². The summed E-state index contributed by atoms with van der Waals surface area (Å²) >= 11 is 0. The van der Waals surface area contributed by atoms with E-state index in [1.54, 1.807) is 4.68 Å². The van der Waals surface area contributed by atoms with Crippen LogP contribution in [0, 0.1) is 6.92 Å². The highest BCUT2D eigenvalue weighted by atomic mass is 16.4. The molecule has 2 heterocycles. The van der Waals surface area contributed by atoms with Crippen LogP contribution in [0.3, 0.4) is 0 Å². The van der Waals surface area contributed by atoms with Crippen LogP contribution in [0.5, 0.6) is 0 Å². The Kier molecular flexibility index (Phi) is 4.43. The molecular weight excluding hydrogens is 358 g/mol. The predicted molar refractivity (Wildman–Crippen MR) is 103 cm³/mol. The van der Waals surface area contributed by atoms with Gasteiger partial charge in [0.25, 0.3) is 5.91 Å². The number of hydrogen-bond donors (Lipinski definition) is 2. The van der Waals surface area contributed by atoms with Gasteiger partial charge >= 0.3 is 5.97 Å². The number of carbonyl (C=O) groups is 3. The summed E-state index contributed by atoms with van der Waals surface area (Å²) in [5.74, 6) is -1.42. The van der Waals surface area contributed by atoms with Crippen molar-refractivity contribution in [2.75, 3.05) is 0 Å². The highest BCUT2D eigenvalue weighted by molar-refractivity contribution is 6.00. The molecule has 7 nitrogen and oxygen atoms in total. The molecule has 7 heteroatoms. The van der Waals surface area contributed by atoms with Gasteiger partial charge in [0.15, 0.2) is 0 Å². The fourth-order valence-corrected chi connectivity index (χ4v) is 3.62. The third kappa shape index (κ3) is 3.26. The van der Waals surface area contributed by atoms with Crippen LogP contribution in [-0.2, 0) is 20.8 Å². The van der Waals surface area contributed by atoms with E-state index < -0.39 is 12.0 Å². The fourth-order valence-electron chi connectivity index (χ4n) is 3.62. The first-order valence-corrected chi connectivity index (χ1v) is 9.06. The Morgan fingerprint density at radius 3 is 2.57 bits per heavy atom. The second-order valence-corrected chi connectivity index (χ2v) is 7.00. The highest BCUT2D eigenvalue weighted by Gasteiger charge is 2.30. The number of fused-ring (bicyclic) bond motifs is 1. The molecule has 0 spiro atoms. The van der Waals surface area contributed by atoms with Crippen molar-refractivity contribution in [2.24, 2.45) is 0 Å². The average molecular weight is 377 g/mol. The number of imide groups is 1. The number of carboxylic acids is 1. The van der Waals surface area contributed by atoms with Crippen molar-refractivity contribution in [1.29, 1.82) is 0 Å².